The minimum Gasteiger partial charge on any atom is -0.480 e. The van der Waals surface area contributed by atoms with E-state index in [1.807, 2.05) is 0 Å². The van der Waals surface area contributed by atoms with E-state index >= 15 is 0 Å². The number of hydrogen-bond acceptors (Lipinski definition) is 6. The summed E-state index contributed by atoms with van der Waals surface area (Å²) in [6.45, 7) is 7.64. The van der Waals surface area contributed by atoms with E-state index < -0.39 is 23.7 Å². The molecule has 0 radical (unpaired) electrons. The fraction of sp³-hybridized carbons (Fsp3) is 0.893. The van der Waals surface area contributed by atoms with Gasteiger partial charge in [0, 0.05) is 17.9 Å². The number of carbonyl (C=O) groups excluding carboxylic acids is 2. The van der Waals surface area contributed by atoms with Crippen molar-refractivity contribution < 1.29 is 29.0 Å². The Kier molecular flexibility index (Phi) is 21.8. The monoisotopic (exact) mass is 531 g/mol. The summed E-state index contributed by atoms with van der Waals surface area (Å²) in [5, 5.41) is 11.6. The van der Waals surface area contributed by atoms with Gasteiger partial charge in [-0.2, -0.15) is 11.8 Å². The van der Waals surface area contributed by atoms with Crippen molar-refractivity contribution in [3.8, 4) is 0 Å². The Hall–Kier alpha value is -1.44. The van der Waals surface area contributed by atoms with Gasteiger partial charge in [0.2, 0.25) is 0 Å². The van der Waals surface area contributed by atoms with Gasteiger partial charge in [0.15, 0.2) is 0 Å². The van der Waals surface area contributed by atoms with E-state index in [1.165, 1.54) is 95.2 Å². The van der Waals surface area contributed by atoms with Crippen LogP contribution >= 0.6 is 11.8 Å². The summed E-state index contributed by atoms with van der Waals surface area (Å²) in [6.07, 6.45) is 19.0. The van der Waals surface area contributed by atoms with Crippen LogP contribution in [0.25, 0.3) is 0 Å². The molecule has 0 fully saturated rings. The van der Waals surface area contributed by atoms with E-state index in [1.54, 1.807) is 20.8 Å². The van der Waals surface area contributed by atoms with Crippen LogP contribution in [0.3, 0.4) is 0 Å². The van der Waals surface area contributed by atoms with Crippen molar-refractivity contribution in [2.45, 2.75) is 142 Å². The Morgan fingerprint density at radius 2 is 1.28 bits per heavy atom. The summed E-state index contributed by atoms with van der Waals surface area (Å²) in [5.41, 5.74) is -0.693. The van der Waals surface area contributed by atoms with Gasteiger partial charge in [-0.15, -0.1) is 0 Å². The van der Waals surface area contributed by atoms with Gasteiger partial charge in [-0.3, -0.25) is 4.79 Å². The van der Waals surface area contributed by atoms with Crippen molar-refractivity contribution in [2.24, 2.45) is 0 Å². The third kappa shape index (κ3) is 24.3. The second kappa shape index (κ2) is 22.7. The third-order valence-corrected chi connectivity index (χ3v) is 6.77. The molecule has 0 heterocycles. The predicted molar refractivity (Wildman–Crippen MR) is 149 cm³/mol. The van der Waals surface area contributed by atoms with Gasteiger partial charge in [-0.25, -0.2) is 9.59 Å². The molecule has 8 heteroatoms. The molecule has 0 aliphatic heterocycles. The normalized spacial score (nSPS) is 12.2. The number of esters is 1. The molecule has 0 aliphatic carbocycles. The average molecular weight is 532 g/mol. The maximum atomic E-state index is 11.9. The first-order chi connectivity index (χ1) is 17.2. The summed E-state index contributed by atoms with van der Waals surface area (Å²) in [7, 11) is 0. The number of thioether (sulfide) groups is 1. The lowest BCUT2D eigenvalue weighted by Crippen LogP contribution is -2.45. The molecular weight excluding hydrogens is 478 g/mol. The highest BCUT2D eigenvalue weighted by atomic mass is 32.2. The van der Waals surface area contributed by atoms with E-state index in [0.717, 1.165) is 12.8 Å². The molecule has 0 aromatic carbocycles. The SMILES string of the molecule is CCCCCCCCCCCCCCCCCC(=O)OCCSCC(NC(=O)OC(C)(C)C)C(=O)O. The van der Waals surface area contributed by atoms with E-state index in [0.29, 0.717) is 12.2 Å². The molecule has 0 aliphatic rings. The topological polar surface area (TPSA) is 102 Å². The van der Waals surface area contributed by atoms with Crippen LogP contribution in [0.4, 0.5) is 4.79 Å². The molecule has 0 spiro atoms. The molecule has 2 N–H and O–H groups in total. The van der Waals surface area contributed by atoms with Crippen LogP contribution in [0.5, 0.6) is 0 Å². The molecule has 212 valence electrons. The summed E-state index contributed by atoms with van der Waals surface area (Å²) in [4.78, 5) is 34.9. The molecule has 0 bridgehead atoms. The standard InChI is InChI=1S/C28H53NO6S/c1-5-6-7-8-9-10-11-12-13-14-15-16-17-18-19-20-25(30)34-21-22-36-23-24(26(31)32)29-27(33)35-28(2,3)4/h24H,5-23H2,1-4H3,(H,29,33)(H,31,32). The highest BCUT2D eigenvalue weighted by Gasteiger charge is 2.23. The minimum atomic E-state index is -1.13. The molecule has 0 rings (SSSR count). The van der Waals surface area contributed by atoms with Crippen LogP contribution in [0.15, 0.2) is 0 Å². The lowest BCUT2D eigenvalue weighted by molar-refractivity contribution is -0.143. The zero-order valence-electron chi connectivity index (χ0n) is 23.4. The molecule has 1 atom stereocenters. The molecule has 1 amide bonds. The molecule has 7 nitrogen and oxygen atoms in total. The average Bonchev–Trinajstić information content (AvgIpc) is 2.79. The van der Waals surface area contributed by atoms with Gasteiger partial charge >= 0.3 is 18.0 Å². The molecule has 0 aromatic rings. The van der Waals surface area contributed by atoms with Crippen LogP contribution in [0.1, 0.15) is 130 Å². The van der Waals surface area contributed by atoms with E-state index in [2.05, 4.69) is 12.2 Å². The number of aliphatic carboxylic acids is 1. The molecule has 1 unspecified atom stereocenters. The highest BCUT2D eigenvalue weighted by Crippen LogP contribution is 2.14. The molecule has 36 heavy (non-hydrogen) atoms. The van der Waals surface area contributed by atoms with Gasteiger partial charge in [0.25, 0.3) is 0 Å². The number of nitrogens with one attached hydrogen (secondary N) is 1. The van der Waals surface area contributed by atoms with Gasteiger partial charge in [-0.05, 0) is 27.2 Å². The van der Waals surface area contributed by atoms with Crippen molar-refractivity contribution in [1.29, 1.82) is 0 Å². The number of hydrogen-bond donors (Lipinski definition) is 2. The van der Waals surface area contributed by atoms with E-state index in [-0.39, 0.29) is 18.3 Å². The first-order valence-corrected chi connectivity index (χ1v) is 15.3. The Morgan fingerprint density at radius 1 is 0.806 bits per heavy atom. The molecule has 0 aromatic heterocycles. The fourth-order valence-electron chi connectivity index (χ4n) is 3.75. The van der Waals surface area contributed by atoms with Crippen molar-refractivity contribution in [2.75, 3.05) is 18.1 Å². The summed E-state index contributed by atoms with van der Waals surface area (Å²) >= 11 is 1.31. The third-order valence-electron chi connectivity index (χ3n) is 5.75. The lowest BCUT2D eigenvalue weighted by atomic mass is 10.0. The first kappa shape index (κ1) is 34.6. The Labute approximate surface area is 224 Å². The zero-order valence-corrected chi connectivity index (χ0v) is 24.2. The highest BCUT2D eigenvalue weighted by molar-refractivity contribution is 7.99. The second-order valence-corrected chi connectivity index (χ2v) is 11.7. The summed E-state index contributed by atoms with van der Waals surface area (Å²) in [6, 6.07) is -1.05. The van der Waals surface area contributed by atoms with Crippen LogP contribution in [0.2, 0.25) is 0 Å². The minimum absolute atomic E-state index is 0.172. The van der Waals surface area contributed by atoms with Gasteiger partial charge in [0.05, 0.1) is 0 Å². The molecular formula is C28H53NO6S. The number of amides is 1. The fourth-order valence-corrected chi connectivity index (χ4v) is 4.58. The van der Waals surface area contributed by atoms with Gasteiger partial charge in [-0.1, -0.05) is 96.8 Å². The number of carboxylic acid groups (broad SMARTS) is 1. The van der Waals surface area contributed by atoms with Gasteiger partial charge < -0.3 is 19.9 Å². The van der Waals surface area contributed by atoms with Crippen LogP contribution < -0.4 is 5.32 Å². The Bertz CT molecular complexity index is 579. The second-order valence-electron chi connectivity index (χ2n) is 10.5. The number of alkyl carbamates (subject to hydrolysis) is 1. The van der Waals surface area contributed by atoms with Crippen LogP contribution in [0, 0.1) is 0 Å². The number of carbonyl (C=O) groups is 3. The van der Waals surface area contributed by atoms with Crippen molar-refractivity contribution >= 4 is 29.8 Å². The van der Waals surface area contributed by atoms with E-state index in [4.69, 9.17) is 9.47 Å². The maximum absolute atomic E-state index is 11.9. The predicted octanol–water partition coefficient (Wildman–Crippen LogP) is 7.50. The molecule has 0 saturated heterocycles. The van der Waals surface area contributed by atoms with Crippen LogP contribution in [-0.2, 0) is 19.1 Å². The molecule has 0 saturated carbocycles. The van der Waals surface area contributed by atoms with Crippen molar-refractivity contribution in [3.05, 3.63) is 0 Å². The first-order valence-electron chi connectivity index (χ1n) is 14.1. The largest absolute Gasteiger partial charge is 0.480 e. The van der Waals surface area contributed by atoms with Crippen LogP contribution in [-0.4, -0.2) is 52.9 Å². The number of rotatable bonds is 23. The number of unbranched alkanes of at least 4 members (excludes halogenated alkanes) is 14. The number of ether oxygens (including phenoxy) is 2. The maximum Gasteiger partial charge on any atom is 0.408 e. The van der Waals surface area contributed by atoms with Crippen molar-refractivity contribution in [1.82, 2.24) is 5.32 Å². The number of carboxylic acids is 1. The smallest absolute Gasteiger partial charge is 0.408 e. The quantitative estimate of drug-likeness (QED) is 0.104. The lowest BCUT2D eigenvalue weighted by Gasteiger charge is -2.21. The Balaban J connectivity index is 3.56. The Morgan fingerprint density at radius 3 is 1.72 bits per heavy atom. The zero-order chi connectivity index (χ0) is 27.1. The summed E-state index contributed by atoms with van der Waals surface area (Å²) in [5.74, 6) is -0.680. The van der Waals surface area contributed by atoms with Crippen molar-refractivity contribution in [3.63, 3.8) is 0 Å². The van der Waals surface area contributed by atoms with E-state index in [9.17, 15) is 19.5 Å². The van der Waals surface area contributed by atoms with Gasteiger partial charge in [0.1, 0.15) is 18.2 Å². The summed E-state index contributed by atoms with van der Waals surface area (Å²) < 4.78 is 10.3.